The third-order valence-corrected chi connectivity index (χ3v) is 4.50. The molecule has 0 fully saturated rings. The van der Waals surface area contributed by atoms with Gasteiger partial charge in [0.2, 0.25) is 0 Å². The second-order valence-corrected chi connectivity index (χ2v) is 7.10. The van der Waals surface area contributed by atoms with E-state index in [1.807, 2.05) is 66.7 Å². The van der Waals surface area contributed by atoms with Gasteiger partial charge in [-0.15, -0.1) is 0 Å². The molecular formula is C23H25NO4. The molecule has 0 saturated carbocycles. The number of fused-ring (bicyclic) bond motifs is 1. The number of aliphatic hydroxyl groups is 1. The summed E-state index contributed by atoms with van der Waals surface area (Å²) >= 11 is 0. The first kappa shape index (κ1) is 19.7. The summed E-state index contributed by atoms with van der Waals surface area (Å²) < 4.78 is 10.7. The van der Waals surface area contributed by atoms with Crippen LogP contribution in [0.2, 0.25) is 0 Å². The Kier molecular flexibility index (Phi) is 6.16. The van der Waals surface area contributed by atoms with E-state index >= 15 is 0 Å². The van der Waals surface area contributed by atoms with Crippen LogP contribution in [0.1, 0.15) is 12.5 Å². The fraction of sp³-hybridized carbons (Fsp3) is 0.261. The summed E-state index contributed by atoms with van der Waals surface area (Å²) in [6.07, 6.45) is 0.419. The fourth-order valence-corrected chi connectivity index (χ4v) is 2.99. The highest BCUT2D eigenvalue weighted by Crippen LogP contribution is 2.20. The van der Waals surface area contributed by atoms with Gasteiger partial charge in [-0.2, -0.15) is 0 Å². The number of ether oxygens (including phenoxy) is 2. The molecule has 0 spiro atoms. The van der Waals surface area contributed by atoms with Crippen molar-refractivity contribution in [2.24, 2.45) is 0 Å². The van der Waals surface area contributed by atoms with Gasteiger partial charge in [-0.3, -0.25) is 4.79 Å². The van der Waals surface area contributed by atoms with Crippen molar-refractivity contribution >= 4 is 16.7 Å². The zero-order valence-electron chi connectivity index (χ0n) is 16.1. The largest absolute Gasteiger partial charge is 0.497 e. The molecule has 146 valence electrons. The third-order valence-electron chi connectivity index (χ3n) is 4.50. The maximum Gasteiger partial charge on any atom is 0.258 e. The third kappa shape index (κ3) is 5.47. The molecular weight excluding hydrogens is 354 g/mol. The lowest BCUT2D eigenvalue weighted by atomic mass is 9.96. The van der Waals surface area contributed by atoms with E-state index in [2.05, 4.69) is 5.32 Å². The molecule has 1 unspecified atom stereocenters. The van der Waals surface area contributed by atoms with E-state index in [4.69, 9.17) is 9.47 Å². The quantitative estimate of drug-likeness (QED) is 0.630. The molecule has 0 aliphatic carbocycles. The van der Waals surface area contributed by atoms with Gasteiger partial charge in [-0.05, 0) is 47.5 Å². The molecule has 5 heteroatoms. The smallest absolute Gasteiger partial charge is 0.258 e. The average molecular weight is 379 g/mol. The first-order chi connectivity index (χ1) is 13.4. The van der Waals surface area contributed by atoms with E-state index in [-0.39, 0.29) is 19.1 Å². The van der Waals surface area contributed by atoms with Crippen LogP contribution in [0.3, 0.4) is 0 Å². The van der Waals surface area contributed by atoms with Gasteiger partial charge in [0.1, 0.15) is 11.5 Å². The normalized spacial score (nSPS) is 13.0. The van der Waals surface area contributed by atoms with Gasteiger partial charge in [-0.25, -0.2) is 0 Å². The molecule has 1 amide bonds. The van der Waals surface area contributed by atoms with E-state index in [1.54, 1.807) is 14.0 Å². The van der Waals surface area contributed by atoms with E-state index in [0.717, 1.165) is 22.1 Å². The molecule has 2 N–H and O–H groups in total. The first-order valence-electron chi connectivity index (χ1n) is 9.19. The Bertz CT molecular complexity index is 935. The highest BCUT2D eigenvalue weighted by molar-refractivity contribution is 5.84. The second-order valence-electron chi connectivity index (χ2n) is 7.10. The number of nitrogens with one attached hydrogen (secondary N) is 1. The zero-order valence-corrected chi connectivity index (χ0v) is 16.1. The minimum atomic E-state index is -1.06. The van der Waals surface area contributed by atoms with Crippen molar-refractivity contribution in [1.29, 1.82) is 0 Å². The van der Waals surface area contributed by atoms with Gasteiger partial charge in [0.05, 0.1) is 12.7 Å². The Labute approximate surface area is 164 Å². The van der Waals surface area contributed by atoms with E-state index < -0.39 is 5.60 Å². The van der Waals surface area contributed by atoms with Crippen LogP contribution >= 0.6 is 0 Å². The summed E-state index contributed by atoms with van der Waals surface area (Å²) in [5.41, 5.74) is -0.0971. The lowest BCUT2D eigenvalue weighted by Crippen LogP contribution is -2.43. The summed E-state index contributed by atoms with van der Waals surface area (Å²) in [6, 6.07) is 21.2. The maximum absolute atomic E-state index is 12.1. The molecule has 3 aromatic rings. The molecule has 0 heterocycles. The Morgan fingerprint density at radius 1 is 1.00 bits per heavy atom. The number of rotatable bonds is 8. The van der Waals surface area contributed by atoms with Gasteiger partial charge in [-0.1, -0.05) is 42.5 Å². The predicted octanol–water partition coefficient (Wildman–Crippen LogP) is 3.34. The first-order valence-corrected chi connectivity index (χ1v) is 9.19. The van der Waals surface area contributed by atoms with Crippen LogP contribution < -0.4 is 14.8 Å². The van der Waals surface area contributed by atoms with Crippen molar-refractivity contribution in [2.75, 3.05) is 20.3 Å². The molecule has 5 nitrogen and oxygen atoms in total. The van der Waals surface area contributed by atoms with Gasteiger partial charge in [0.25, 0.3) is 5.91 Å². The van der Waals surface area contributed by atoms with Crippen molar-refractivity contribution in [1.82, 2.24) is 5.32 Å². The number of hydrogen-bond acceptors (Lipinski definition) is 4. The van der Waals surface area contributed by atoms with Crippen LogP contribution in [-0.4, -0.2) is 36.9 Å². The molecule has 3 aromatic carbocycles. The van der Waals surface area contributed by atoms with Crippen LogP contribution in [-0.2, 0) is 11.2 Å². The monoisotopic (exact) mass is 379 g/mol. The Morgan fingerprint density at radius 3 is 2.39 bits per heavy atom. The van der Waals surface area contributed by atoms with E-state index in [0.29, 0.717) is 12.2 Å². The van der Waals surface area contributed by atoms with Gasteiger partial charge in [0.15, 0.2) is 6.61 Å². The lowest BCUT2D eigenvalue weighted by Gasteiger charge is -2.24. The van der Waals surface area contributed by atoms with E-state index in [1.165, 1.54) is 0 Å². The molecule has 0 bridgehead atoms. The molecule has 0 saturated heterocycles. The summed E-state index contributed by atoms with van der Waals surface area (Å²) in [6.45, 7) is 1.73. The summed E-state index contributed by atoms with van der Waals surface area (Å²) in [4.78, 5) is 12.1. The average Bonchev–Trinajstić information content (AvgIpc) is 2.71. The van der Waals surface area contributed by atoms with Gasteiger partial charge >= 0.3 is 0 Å². The molecule has 0 aliphatic rings. The van der Waals surface area contributed by atoms with Crippen LogP contribution in [0.15, 0.2) is 66.7 Å². The zero-order chi connectivity index (χ0) is 20.0. The molecule has 3 rings (SSSR count). The Hall–Kier alpha value is -3.05. The lowest BCUT2D eigenvalue weighted by molar-refractivity contribution is -0.124. The van der Waals surface area contributed by atoms with E-state index in [9.17, 15) is 9.90 Å². The van der Waals surface area contributed by atoms with Gasteiger partial charge in [0, 0.05) is 13.0 Å². The Balaban J connectivity index is 1.48. The summed E-state index contributed by atoms with van der Waals surface area (Å²) in [5.74, 6) is 1.13. The maximum atomic E-state index is 12.1. The second kappa shape index (κ2) is 8.76. The summed E-state index contributed by atoms with van der Waals surface area (Å²) in [7, 11) is 1.61. The number of methoxy groups -OCH3 is 1. The minimum absolute atomic E-state index is 0.100. The van der Waals surface area contributed by atoms with Gasteiger partial charge < -0.3 is 19.9 Å². The molecule has 28 heavy (non-hydrogen) atoms. The van der Waals surface area contributed by atoms with Crippen LogP contribution in [0.25, 0.3) is 10.8 Å². The number of carbonyl (C=O) groups excluding carboxylic acids is 1. The van der Waals surface area contributed by atoms with Crippen LogP contribution in [0.5, 0.6) is 11.5 Å². The fourth-order valence-electron chi connectivity index (χ4n) is 2.99. The number of benzene rings is 3. The topological polar surface area (TPSA) is 67.8 Å². The van der Waals surface area contributed by atoms with Crippen molar-refractivity contribution < 1.29 is 19.4 Å². The Morgan fingerprint density at radius 2 is 1.68 bits per heavy atom. The molecule has 0 aromatic heterocycles. The highest BCUT2D eigenvalue weighted by Gasteiger charge is 2.22. The molecule has 0 aliphatic heterocycles. The molecule has 1 atom stereocenters. The highest BCUT2D eigenvalue weighted by atomic mass is 16.5. The van der Waals surface area contributed by atoms with Crippen LogP contribution in [0.4, 0.5) is 0 Å². The predicted molar refractivity (Wildman–Crippen MR) is 110 cm³/mol. The SMILES string of the molecule is COc1ccc(CC(C)(O)CNC(=O)COc2ccc3ccccc3c2)cc1. The van der Waals surface area contributed by atoms with Crippen molar-refractivity contribution in [3.8, 4) is 11.5 Å². The standard InChI is InChI=1S/C23H25NO4/c1-23(26,14-17-7-10-20(27-2)11-8-17)16-24-22(25)15-28-21-12-9-18-5-3-4-6-19(18)13-21/h3-13,26H,14-16H2,1-2H3,(H,24,25). The number of amides is 1. The number of hydrogen-bond donors (Lipinski definition) is 2. The minimum Gasteiger partial charge on any atom is -0.497 e. The van der Waals surface area contributed by atoms with Crippen LogP contribution in [0, 0.1) is 0 Å². The molecule has 0 radical (unpaired) electrons. The van der Waals surface area contributed by atoms with Crippen molar-refractivity contribution in [3.05, 3.63) is 72.3 Å². The number of carbonyl (C=O) groups is 1. The van der Waals surface area contributed by atoms with Crippen molar-refractivity contribution in [2.45, 2.75) is 18.9 Å². The van der Waals surface area contributed by atoms with Crippen molar-refractivity contribution in [3.63, 3.8) is 0 Å². The summed E-state index contributed by atoms with van der Waals surface area (Å²) in [5, 5.41) is 15.5.